The second-order valence-corrected chi connectivity index (χ2v) is 10.4. The van der Waals surface area contributed by atoms with Gasteiger partial charge in [0.05, 0.1) is 22.9 Å². The molecule has 2 aliphatic rings. The van der Waals surface area contributed by atoms with Crippen molar-refractivity contribution in [2.45, 2.75) is 12.5 Å². The number of benzene rings is 2. The summed E-state index contributed by atoms with van der Waals surface area (Å²) in [7, 11) is 0. The highest BCUT2D eigenvalue weighted by molar-refractivity contribution is 6.02. The van der Waals surface area contributed by atoms with Crippen LogP contribution in [0, 0.1) is 11.6 Å². The lowest BCUT2D eigenvalue weighted by Gasteiger charge is -2.36. The first-order valence-electron chi connectivity index (χ1n) is 14.2. The molecule has 1 fully saturated rings. The number of carbonyl (C=O) groups excluding carboxylic acids is 2. The molecule has 0 spiro atoms. The lowest BCUT2D eigenvalue weighted by Crippen LogP contribution is -2.46. The summed E-state index contributed by atoms with van der Waals surface area (Å²) in [6.07, 6.45) is 2.48. The van der Waals surface area contributed by atoms with Crippen LogP contribution in [0.4, 0.5) is 14.5 Å². The molecule has 0 bridgehead atoms. The fraction of sp³-hybridized carbons (Fsp3) is 0.233. The fourth-order valence-electron chi connectivity index (χ4n) is 5.48. The van der Waals surface area contributed by atoms with E-state index in [1.165, 1.54) is 0 Å². The summed E-state index contributed by atoms with van der Waals surface area (Å²) in [4.78, 5) is 29.5. The third-order valence-electron chi connectivity index (χ3n) is 7.48. The average molecular weight is 617 g/mol. The number of hydrogen-bond acceptors (Lipinski definition) is 9. The van der Waals surface area contributed by atoms with Crippen LogP contribution >= 0.6 is 0 Å². The number of piperazine rings is 1. The number of aromatic amines is 1. The molecular formula is C30H30F2N10O3. The number of anilines is 1. The Morgan fingerprint density at radius 2 is 1.67 bits per heavy atom. The number of pyridine rings is 1. The fourth-order valence-corrected chi connectivity index (χ4v) is 5.48. The van der Waals surface area contributed by atoms with Gasteiger partial charge in [-0.25, -0.2) is 13.5 Å². The van der Waals surface area contributed by atoms with E-state index < -0.39 is 23.4 Å². The molecule has 1 unspecified atom stereocenters. The van der Waals surface area contributed by atoms with Gasteiger partial charge in [-0.1, -0.05) is 0 Å². The summed E-state index contributed by atoms with van der Waals surface area (Å²) < 4.78 is 34.0. The van der Waals surface area contributed by atoms with E-state index in [0.717, 1.165) is 63.0 Å². The van der Waals surface area contributed by atoms with Crippen LogP contribution in [0.1, 0.15) is 39.1 Å². The maximum Gasteiger partial charge on any atom is 0.271 e. The van der Waals surface area contributed by atoms with Crippen molar-refractivity contribution in [2.75, 3.05) is 38.0 Å². The number of ether oxygens (including phenoxy) is 1. The maximum absolute atomic E-state index is 13.4. The van der Waals surface area contributed by atoms with Crippen molar-refractivity contribution in [3.8, 4) is 17.2 Å². The van der Waals surface area contributed by atoms with E-state index in [9.17, 15) is 18.4 Å². The number of amides is 2. The highest BCUT2D eigenvalue weighted by Crippen LogP contribution is 2.37. The highest BCUT2D eigenvalue weighted by Gasteiger charge is 2.34. The molecule has 0 saturated carbocycles. The Hall–Kier alpha value is -5.41. The third kappa shape index (κ3) is 6.30. The van der Waals surface area contributed by atoms with Crippen molar-refractivity contribution in [3.63, 3.8) is 0 Å². The van der Waals surface area contributed by atoms with Gasteiger partial charge in [0.2, 0.25) is 0 Å². The number of hydrogen-bond donors (Lipinski definition) is 5. The van der Waals surface area contributed by atoms with Crippen LogP contribution in [0.5, 0.6) is 11.5 Å². The number of fused-ring (bicyclic) bond motifs is 2. The van der Waals surface area contributed by atoms with Gasteiger partial charge in [0.15, 0.2) is 11.4 Å². The number of H-pyrrole nitrogens is 1. The predicted molar refractivity (Wildman–Crippen MR) is 161 cm³/mol. The monoisotopic (exact) mass is 616 g/mol. The van der Waals surface area contributed by atoms with E-state index in [1.54, 1.807) is 47.3 Å². The minimum Gasteiger partial charge on any atom is -0.457 e. The minimum absolute atomic E-state index is 0.0516. The van der Waals surface area contributed by atoms with E-state index >= 15 is 0 Å². The van der Waals surface area contributed by atoms with Gasteiger partial charge in [0, 0.05) is 57.1 Å². The zero-order valence-electron chi connectivity index (χ0n) is 24.0. The SMILES string of the molecule is NC(=O)c1c2c(nn1-c1ccc(Oc3cc(F)cc(F)c3)cc1)C(N1CCNCC1)CCN2.NC(=O)c1n[nH]c2cccnc12. The van der Waals surface area contributed by atoms with E-state index in [4.69, 9.17) is 21.3 Å². The second kappa shape index (κ2) is 12.7. The molecular weight excluding hydrogens is 586 g/mol. The van der Waals surface area contributed by atoms with Gasteiger partial charge in [0.25, 0.3) is 11.8 Å². The molecule has 5 heterocycles. The smallest absolute Gasteiger partial charge is 0.271 e. The number of primary amides is 2. The van der Waals surface area contributed by atoms with Crippen molar-refractivity contribution in [2.24, 2.45) is 11.5 Å². The van der Waals surface area contributed by atoms with Crippen LogP contribution in [0.3, 0.4) is 0 Å². The molecule has 15 heteroatoms. The quantitative estimate of drug-likeness (QED) is 0.192. The van der Waals surface area contributed by atoms with Crippen molar-refractivity contribution < 1.29 is 23.1 Å². The summed E-state index contributed by atoms with van der Waals surface area (Å²) >= 11 is 0. The molecule has 1 atom stereocenters. The number of rotatable bonds is 6. The Bertz CT molecular complexity index is 1830. The van der Waals surface area contributed by atoms with Gasteiger partial charge in [-0.3, -0.25) is 24.6 Å². The van der Waals surface area contributed by atoms with Crippen LogP contribution < -0.4 is 26.8 Å². The lowest BCUT2D eigenvalue weighted by atomic mass is 10.0. The van der Waals surface area contributed by atoms with Crippen LogP contribution in [0.15, 0.2) is 60.8 Å². The first-order valence-corrected chi connectivity index (χ1v) is 14.2. The maximum atomic E-state index is 13.4. The summed E-state index contributed by atoms with van der Waals surface area (Å²) in [5.74, 6) is -2.15. The topological polar surface area (TPSA) is 182 Å². The Morgan fingerprint density at radius 1 is 0.933 bits per heavy atom. The van der Waals surface area contributed by atoms with Crippen LogP contribution in [0.25, 0.3) is 16.7 Å². The summed E-state index contributed by atoms with van der Waals surface area (Å²) in [6, 6.07) is 13.3. The Labute approximate surface area is 255 Å². The molecule has 7 rings (SSSR count). The molecule has 2 aromatic carbocycles. The average Bonchev–Trinajstić information content (AvgIpc) is 3.64. The molecule has 45 heavy (non-hydrogen) atoms. The molecule has 1 saturated heterocycles. The second-order valence-electron chi connectivity index (χ2n) is 10.4. The van der Waals surface area contributed by atoms with E-state index in [1.807, 2.05) is 0 Å². The van der Waals surface area contributed by atoms with Crippen molar-refractivity contribution in [1.29, 1.82) is 0 Å². The van der Waals surface area contributed by atoms with E-state index in [-0.39, 0.29) is 17.5 Å². The number of aromatic nitrogens is 5. The summed E-state index contributed by atoms with van der Waals surface area (Å²) in [5.41, 5.74) is 14.6. The molecule has 7 N–H and O–H groups in total. The van der Waals surface area contributed by atoms with Crippen LogP contribution in [-0.4, -0.2) is 74.4 Å². The number of nitrogens with two attached hydrogens (primary N) is 2. The number of carbonyl (C=O) groups is 2. The normalized spacial score (nSPS) is 16.3. The molecule has 232 valence electrons. The predicted octanol–water partition coefficient (Wildman–Crippen LogP) is 2.86. The summed E-state index contributed by atoms with van der Waals surface area (Å²) in [5, 5.41) is 17.8. The minimum atomic E-state index is -0.721. The summed E-state index contributed by atoms with van der Waals surface area (Å²) in [6.45, 7) is 4.38. The Morgan fingerprint density at radius 3 is 2.36 bits per heavy atom. The van der Waals surface area contributed by atoms with Gasteiger partial charge in [-0.2, -0.15) is 10.2 Å². The first-order chi connectivity index (χ1) is 21.8. The Kier molecular flexibility index (Phi) is 8.35. The lowest BCUT2D eigenvalue weighted by molar-refractivity contribution is 0.0986. The Balaban J connectivity index is 0.000000248. The number of halogens is 2. The van der Waals surface area contributed by atoms with Gasteiger partial charge >= 0.3 is 0 Å². The van der Waals surface area contributed by atoms with E-state index in [2.05, 4.69) is 30.7 Å². The molecule has 2 amide bonds. The molecule has 2 aliphatic heterocycles. The molecule has 5 aromatic rings. The molecule has 13 nitrogen and oxygen atoms in total. The van der Waals surface area contributed by atoms with Crippen molar-refractivity contribution in [3.05, 3.63) is 89.5 Å². The van der Waals surface area contributed by atoms with Gasteiger partial charge in [-0.15, -0.1) is 0 Å². The largest absolute Gasteiger partial charge is 0.457 e. The zero-order chi connectivity index (χ0) is 31.5. The third-order valence-corrected chi connectivity index (χ3v) is 7.48. The van der Waals surface area contributed by atoms with Gasteiger partial charge < -0.3 is 26.8 Å². The van der Waals surface area contributed by atoms with Gasteiger partial charge in [-0.05, 0) is 42.8 Å². The van der Waals surface area contributed by atoms with E-state index in [0.29, 0.717) is 33.9 Å². The number of nitrogens with one attached hydrogen (secondary N) is 3. The number of nitrogens with zero attached hydrogens (tertiary/aromatic N) is 5. The van der Waals surface area contributed by atoms with Crippen LogP contribution in [0.2, 0.25) is 0 Å². The zero-order valence-corrected chi connectivity index (χ0v) is 24.0. The van der Waals surface area contributed by atoms with Crippen molar-refractivity contribution >= 4 is 28.5 Å². The molecule has 0 aliphatic carbocycles. The van der Waals surface area contributed by atoms with Crippen LogP contribution in [-0.2, 0) is 0 Å². The van der Waals surface area contributed by atoms with Gasteiger partial charge in [0.1, 0.15) is 34.3 Å². The highest BCUT2D eigenvalue weighted by atomic mass is 19.1. The molecule has 3 aromatic heterocycles. The first kappa shape index (κ1) is 29.7. The standard InChI is InChI=1S/C23H24F2N6O2.C7H6N4O/c24-14-11-15(25)13-18(12-14)33-17-3-1-16(2-4-17)31-22(23(26)32)21-20(29-31)19(5-6-28-21)30-9-7-27-8-10-30;8-7(12)6-5-4(10-11-6)2-1-3-9-5/h1-4,11-13,19,27-28H,5-10H2,(H2,26,32);1-3H,(H2,8,12)(H,10,11). The van der Waals surface area contributed by atoms with Crippen molar-refractivity contribution in [1.82, 2.24) is 35.2 Å². The molecule has 0 radical (unpaired) electrons.